The first-order chi connectivity index (χ1) is 17.4. The normalized spacial score (nSPS) is 10.3. The molecule has 4 aromatic rings. The van der Waals surface area contributed by atoms with Crippen LogP contribution < -0.4 is 16.2 Å². The second-order valence-corrected chi connectivity index (χ2v) is 9.28. The summed E-state index contributed by atoms with van der Waals surface area (Å²) in [6.07, 6.45) is 0. The molecule has 0 fully saturated rings. The summed E-state index contributed by atoms with van der Waals surface area (Å²) >= 11 is 12.4. The minimum Gasteiger partial charge on any atom is -0.332 e. The molecular weight excluding hydrogens is 514 g/mol. The molecule has 0 atom stereocenters. The maximum absolute atomic E-state index is 12.5. The van der Waals surface area contributed by atoms with Gasteiger partial charge in [-0.15, -0.1) is 0 Å². The molecule has 4 rings (SSSR count). The molecule has 1 aromatic heterocycles. The van der Waals surface area contributed by atoms with Crippen molar-refractivity contribution in [2.24, 2.45) is 0 Å². The lowest BCUT2D eigenvalue weighted by molar-refractivity contribution is 0.0977. The second-order valence-electron chi connectivity index (χ2n) is 7.47. The van der Waals surface area contributed by atoms with E-state index in [9.17, 15) is 14.9 Å². The summed E-state index contributed by atoms with van der Waals surface area (Å²) in [5.41, 5.74) is 2.61. The highest BCUT2D eigenvalue weighted by molar-refractivity contribution is 7.98. The Bertz CT molecular complexity index is 1500. The molecule has 36 heavy (non-hydrogen) atoms. The van der Waals surface area contributed by atoms with E-state index in [1.165, 1.54) is 11.8 Å². The lowest BCUT2D eigenvalue weighted by Crippen LogP contribution is -2.34. The smallest absolute Gasteiger partial charge is 0.270 e. The van der Waals surface area contributed by atoms with Crippen molar-refractivity contribution in [1.29, 1.82) is 5.26 Å². The average Bonchev–Trinajstić information content (AvgIpc) is 2.89. The monoisotopic (exact) mass is 531 g/mol. The van der Waals surface area contributed by atoms with Crippen molar-refractivity contribution in [3.8, 4) is 17.3 Å². The van der Waals surface area contributed by atoms with Gasteiger partial charge in [0.2, 0.25) is 0 Å². The van der Waals surface area contributed by atoms with Gasteiger partial charge in [-0.1, -0.05) is 65.8 Å². The number of hydrogen-bond donors (Lipinski definition) is 3. The zero-order valence-electron chi connectivity index (χ0n) is 18.6. The van der Waals surface area contributed by atoms with Crippen LogP contribution in [0.15, 0.2) is 88.8 Å². The molecule has 0 saturated heterocycles. The SMILES string of the molecule is N#Cc1c(-c2ccccc2)nc(SCc2ccc(C(=O)NC(=S)Nc3ccc(Cl)cc3)cc2)[nH]c1=O. The van der Waals surface area contributed by atoms with Crippen molar-refractivity contribution in [3.05, 3.63) is 111 Å². The van der Waals surface area contributed by atoms with Gasteiger partial charge in [-0.05, 0) is 54.2 Å². The number of carbonyl (C=O) groups excluding carboxylic acids is 1. The van der Waals surface area contributed by atoms with Crippen molar-refractivity contribution >= 4 is 52.3 Å². The number of benzene rings is 3. The molecule has 1 amide bonds. The average molecular weight is 532 g/mol. The molecule has 0 aliphatic carbocycles. The number of thioether (sulfide) groups is 1. The van der Waals surface area contributed by atoms with E-state index in [-0.39, 0.29) is 16.6 Å². The number of aromatic amines is 1. The third-order valence-corrected chi connectivity index (χ3v) is 6.38. The number of anilines is 1. The van der Waals surface area contributed by atoms with Gasteiger partial charge < -0.3 is 10.3 Å². The van der Waals surface area contributed by atoms with Crippen LogP contribution in [-0.4, -0.2) is 21.0 Å². The minimum atomic E-state index is -0.482. The Morgan fingerprint density at radius 2 is 1.75 bits per heavy atom. The van der Waals surface area contributed by atoms with Gasteiger partial charge in [0.15, 0.2) is 10.3 Å². The molecule has 3 N–H and O–H groups in total. The third kappa shape index (κ3) is 6.37. The molecule has 178 valence electrons. The Morgan fingerprint density at radius 3 is 2.42 bits per heavy atom. The van der Waals surface area contributed by atoms with Crippen LogP contribution in [0.25, 0.3) is 11.3 Å². The molecule has 1 heterocycles. The van der Waals surface area contributed by atoms with Crippen LogP contribution in [0.1, 0.15) is 21.5 Å². The Kier molecular flexibility index (Phi) is 8.13. The molecule has 0 bridgehead atoms. The summed E-state index contributed by atoms with van der Waals surface area (Å²) in [4.78, 5) is 32.1. The number of nitriles is 1. The maximum atomic E-state index is 12.5. The first-order valence-corrected chi connectivity index (χ1v) is 12.4. The minimum absolute atomic E-state index is 0.0237. The highest BCUT2D eigenvalue weighted by Gasteiger charge is 2.14. The van der Waals surface area contributed by atoms with Crippen LogP contribution in [0.3, 0.4) is 0 Å². The Hall–Kier alpha value is -3.97. The molecule has 0 aliphatic rings. The largest absolute Gasteiger partial charge is 0.332 e. The highest BCUT2D eigenvalue weighted by Crippen LogP contribution is 2.24. The van der Waals surface area contributed by atoms with Crippen LogP contribution in [-0.2, 0) is 5.75 Å². The summed E-state index contributed by atoms with van der Waals surface area (Å²) in [6, 6.07) is 25.0. The number of carbonyl (C=O) groups is 1. The fourth-order valence-corrected chi connectivity index (χ4v) is 4.36. The molecule has 0 saturated carbocycles. The van der Waals surface area contributed by atoms with Gasteiger partial charge in [0, 0.05) is 27.6 Å². The summed E-state index contributed by atoms with van der Waals surface area (Å²) in [5, 5.41) is 16.2. The van der Waals surface area contributed by atoms with E-state index in [1.54, 1.807) is 48.5 Å². The van der Waals surface area contributed by atoms with E-state index in [4.69, 9.17) is 23.8 Å². The number of nitrogens with zero attached hydrogens (tertiary/aromatic N) is 2. The number of amides is 1. The number of hydrogen-bond acceptors (Lipinski definition) is 6. The highest BCUT2D eigenvalue weighted by atomic mass is 35.5. The van der Waals surface area contributed by atoms with Crippen LogP contribution in [0, 0.1) is 11.3 Å². The molecule has 10 heteroatoms. The van der Waals surface area contributed by atoms with E-state index in [0.717, 1.165) is 5.56 Å². The molecular formula is C26H18ClN5O2S2. The van der Waals surface area contributed by atoms with E-state index >= 15 is 0 Å². The predicted molar refractivity (Wildman–Crippen MR) is 146 cm³/mol. The number of nitrogens with one attached hydrogen (secondary N) is 3. The first-order valence-electron chi connectivity index (χ1n) is 10.6. The quantitative estimate of drug-likeness (QED) is 0.174. The molecule has 0 spiro atoms. The first kappa shape index (κ1) is 25.1. The van der Waals surface area contributed by atoms with Crippen molar-refractivity contribution in [2.45, 2.75) is 10.9 Å². The number of thiocarbonyl (C=S) groups is 1. The van der Waals surface area contributed by atoms with Crippen LogP contribution in [0.5, 0.6) is 0 Å². The predicted octanol–water partition coefficient (Wildman–Crippen LogP) is 5.38. The van der Waals surface area contributed by atoms with E-state index in [0.29, 0.717) is 38.4 Å². The van der Waals surface area contributed by atoms with Crippen LogP contribution in [0.4, 0.5) is 5.69 Å². The molecule has 0 unspecified atom stereocenters. The Labute approximate surface area is 221 Å². The van der Waals surface area contributed by atoms with Gasteiger partial charge in [-0.2, -0.15) is 5.26 Å². The van der Waals surface area contributed by atoms with Gasteiger partial charge in [-0.3, -0.25) is 14.9 Å². The van der Waals surface area contributed by atoms with Crippen LogP contribution in [0.2, 0.25) is 5.02 Å². The van der Waals surface area contributed by atoms with E-state index in [1.807, 2.05) is 36.4 Å². The summed E-state index contributed by atoms with van der Waals surface area (Å²) < 4.78 is 0. The second kappa shape index (κ2) is 11.6. The number of aromatic nitrogens is 2. The molecule has 0 radical (unpaired) electrons. The maximum Gasteiger partial charge on any atom is 0.270 e. The van der Waals surface area contributed by atoms with Gasteiger partial charge >= 0.3 is 0 Å². The Balaban J connectivity index is 1.39. The van der Waals surface area contributed by atoms with Crippen molar-refractivity contribution in [2.75, 3.05) is 5.32 Å². The molecule has 0 aliphatic heterocycles. The fourth-order valence-electron chi connectivity index (χ4n) is 3.20. The zero-order valence-corrected chi connectivity index (χ0v) is 21.0. The number of rotatable bonds is 6. The van der Waals surface area contributed by atoms with Gasteiger partial charge in [0.05, 0.1) is 5.69 Å². The lowest BCUT2D eigenvalue weighted by Gasteiger charge is -2.10. The topological polar surface area (TPSA) is 111 Å². The lowest BCUT2D eigenvalue weighted by atomic mass is 10.1. The van der Waals surface area contributed by atoms with Crippen LogP contribution >= 0.6 is 35.6 Å². The van der Waals surface area contributed by atoms with E-state index < -0.39 is 5.56 Å². The van der Waals surface area contributed by atoms with Gasteiger partial charge in [0.25, 0.3) is 11.5 Å². The van der Waals surface area contributed by atoms with Gasteiger partial charge in [-0.25, -0.2) is 4.98 Å². The summed E-state index contributed by atoms with van der Waals surface area (Å²) in [5.74, 6) is 0.160. The standard InChI is InChI=1S/C26H18ClN5O2S2/c27-19-10-12-20(13-11-19)29-25(35)31-23(33)18-8-6-16(7-9-18)15-36-26-30-22(17-4-2-1-3-5-17)21(14-28)24(34)32-26/h1-13H,15H2,(H,30,32,34)(H2,29,31,33,35). The van der Waals surface area contributed by atoms with Crippen molar-refractivity contribution in [1.82, 2.24) is 15.3 Å². The zero-order chi connectivity index (χ0) is 25.5. The number of halogens is 1. The van der Waals surface area contributed by atoms with Crippen molar-refractivity contribution in [3.63, 3.8) is 0 Å². The third-order valence-electron chi connectivity index (χ3n) is 4.98. The Morgan fingerprint density at radius 1 is 1.06 bits per heavy atom. The summed E-state index contributed by atoms with van der Waals surface area (Å²) in [6.45, 7) is 0. The molecule has 3 aromatic carbocycles. The molecule has 7 nitrogen and oxygen atoms in total. The fraction of sp³-hybridized carbons (Fsp3) is 0.0385. The number of H-pyrrole nitrogens is 1. The van der Waals surface area contributed by atoms with Gasteiger partial charge in [0.1, 0.15) is 11.6 Å². The van der Waals surface area contributed by atoms with Crippen molar-refractivity contribution < 1.29 is 4.79 Å². The van der Waals surface area contributed by atoms with E-state index in [2.05, 4.69) is 20.6 Å². The summed E-state index contributed by atoms with van der Waals surface area (Å²) in [7, 11) is 0.